The van der Waals surface area contributed by atoms with E-state index in [1.54, 1.807) is 0 Å². The van der Waals surface area contributed by atoms with Crippen LogP contribution in [0.3, 0.4) is 0 Å². The number of fused-ring (bicyclic) bond motifs is 1. The third kappa shape index (κ3) is 9.02. The minimum atomic E-state index is -5.71. The quantitative estimate of drug-likeness (QED) is 0.0553. The number of rotatable bonds is 12. The summed E-state index contributed by atoms with van der Waals surface area (Å²) in [5, 5.41) is 17.2. The second kappa shape index (κ2) is 13.3. The molecule has 1 aromatic heterocycles. The Hall–Kier alpha value is -2.48. The number of amidine groups is 1. The van der Waals surface area contributed by atoms with Crippen molar-refractivity contribution in [2.75, 3.05) is 17.7 Å². The lowest BCUT2D eigenvalue weighted by molar-refractivity contribution is -0.0428. The second-order valence-corrected chi connectivity index (χ2v) is 14.0. The number of carbonyl (C=O) groups excluding carboxylic acids is 1. The van der Waals surface area contributed by atoms with Crippen LogP contribution in [0.2, 0.25) is 0 Å². The first-order valence-corrected chi connectivity index (χ1v) is 17.2. The number of nitrogens with one attached hydrogen (secondary N) is 1. The zero-order valence-electron chi connectivity index (χ0n) is 21.3. The maximum atomic E-state index is 12.6. The Morgan fingerprint density at radius 1 is 1.21 bits per heavy atom. The van der Waals surface area contributed by atoms with Crippen molar-refractivity contribution < 1.29 is 61.1 Å². The van der Waals surface area contributed by atoms with E-state index in [9.17, 15) is 33.4 Å². The summed E-state index contributed by atoms with van der Waals surface area (Å²) in [7, 11) is -16.7. The summed E-state index contributed by atoms with van der Waals surface area (Å²) < 4.78 is 53.3. The van der Waals surface area contributed by atoms with Gasteiger partial charge in [0.15, 0.2) is 11.0 Å². The predicted molar refractivity (Wildman–Crippen MR) is 147 cm³/mol. The van der Waals surface area contributed by atoms with Crippen molar-refractivity contribution in [2.24, 2.45) is 15.8 Å². The molecule has 43 heavy (non-hydrogen) atoms. The molecule has 21 nitrogen and oxygen atoms in total. The SMILES string of the molecule is [N-]=[N+]=Nc1ccc(C(=O)CSC2=NC(N)c3ncn([C@H]4C[C@H](O)[C@@H](COP(=O)(O)OP(=O)(O)OP(=O)(O)O)O4)c3N2)cc1. The highest BCUT2D eigenvalue weighted by molar-refractivity contribution is 8.14. The van der Waals surface area contributed by atoms with Crippen LogP contribution in [-0.2, 0) is 31.6 Å². The average Bonchev–Trinajstić information content (AvgIpc) is 3.48. The molecule has 2 aromatic rings. The molecule has 0 spiro atoms. The maximum Gasteiger partial charge on any atom is 0.490 e. The summed E-state index contributed by atoms with van der Waals surface area (Å²) in [5.74, 6) is 0.0716. The average molecular weight is 684 g/mol. The molecule has 0 saturated carbocycles. The van der Waals surface area contributed by atoms with E-state index >= 15 is 0 Å². The molecule has 25 heteroatoms. The van der Waals surface area contributed by atoms with Crippen LogP contribution in [-0.4, -0.2) is 69.7 Å². The maximum absolute atomic E-state index is 12.6. The first kappa shape index (κ1) is 33.4. The van der Waals surface area contributed by atoms with Gasteiger partial charge in [0.2, 0.25) is 0 Å². The Morgan fingerprint density at radius 3 is 2.56 bits per heavy atom. The number of ketones is 1. The fourth-order valence-corrected chi connectivity index (χ4v) is 7.64. The number of thioether (sulfide) groups is 1. The number of hydrogen-bond acceptors (Lipinski definition) is 15. The Bertz CT molecular complexity index is 1590. The topological polar surface area (TPSA) is 323 Å². The highest BCUT2D eigenvalue weighted by Crippen LogP contribution is 2.66. The van der Waals surface area contributed by atoms with Gasteiger partial charge in [-0.15, -0.1) is 0 Å². The number of nitrogens with zero attached hydrogens (tertiary/aromatic N) is 6. The minimum Gasteiger partial charge on any atom is -0.390 e. The van der Waals surface area contributed by atoms with Gasteiger partial charge < -0.3 is 40.5 Å². The standard InChI is InChI=1S/C18H23N8O13P3S/c19-16-15-17(23-18(22-16)43-7-12(28)9-1-3-10(4-2-9)24-25-20)26(8-21-15)14-5-11(27)13(37-14)6-36-41(32,33)39-42(34,35)38-40(29,30)31/h1-4,8,11,13-14,16,27H,5-7,19H2,(H,22,23)(H,32,33)(H,34,35)(H2,29,30,31)/t11-,13+,14+,16?/m0/s1. The van der Waals surface area contributed by atoms with Gasteiger partial charge in [-0.1, -0.05) is 41.1 Å². The molecular formula is C18H23N8O13P3S. The number of imidazole rings is 1. The fourth-order valence-electron chi connectivity index (χ4n) is 3.82. The number of ether oxygens (including phenoxy) is 1. The number of azide groups is 1. The van der Waals surface area contributed by atoms with Crippen LogP contribution in [0.15, 0.2) is 40.7 Å². The van der Waals surface area contributed by atoms with Crippen molar-refractivity contribution in [2.45, 2.75) is 31.0 Å². The Labute approximate surface area is 245 Å². The molecule has 1 aromatic carbocycles. The molecule has 2 aliphatic rings. The summed E-state index contributed by atoms with van der Waals surface area (Å²) >= 11 is 1.06. The van der Waals surface area contributed by atoms with Gasteiger partial charge in [-0.2, -0.15) is 8.62 Å². The van der Waals surface area contributed by atoms with Gasteiger partial charge >= 0.3 is 23.5 Å². The highest BCUT2D eigenvalue weighted by atomic mass is 32.2. The second-order valence-electron chi connectivity index (χ2n) is 8.66. The third-order valence-corrected chi connectivity index (χ3v) is 10.3. The van der Waals surface area contributed by atoms with Gasteiger partial charge in [-0.25, -0.2) is 23.7 Å². The smallest absolute Gasteiger partial charge is 0.390 e. The van der Waals surface area contributed by atoms with Gasteiger partial charge in [0, 0.05) is 22.6 Å². The predicted octanol–water partition coefficient (Wildman–Crippen LogP) is 2.17. The van der Waals surface area contributed by atoms with Crippen molar-refractivity contribution in [3.8, 4) is 0 Å². The molecule has 0 aliphatic carbocycles. The van der Waals surface area contributed by atoms with E-state index in [0.717, 1.165) is 11.8 Å². The molecule has 2 aliphatic heterocycles. The number of nitrogens with two attached hydrogens (primary N) is 1. The van der Waals surface area contributed by atoms with Crippen LogP contribution >= 0.6 is 35.2 Å². The number of aliphatic hydroxyl groups excluding tert-OH is 1. The third-order valence-electron chi connectivity index (χ3n) is 5.61. The Morgan fingerprint density at radius 2 is 1.91 bits per heavy atom. The van der Waals surface area contributed by atoms with E-state index in [2.05, 4.69) is 38.5 Å². The molecule has 3 heterocycles. The van der Waals surface area contributed by atoms with Crippen LogP contribution in [0.1, 0.15) is 34.9 Å². The van der Waals surface area contributed by atoms with Gasteiger partial charge in [-0.3, -0.25) is 13.9 Å². The summed E-state index contributed by atoms with van der Waals surface area (Å²) in [6.45, 7) is -0.848. The first-order valence-electron chi connectivity index (χ1n) is 11.7. The number of aromatic nitrogens is 2. The van der Waals surface area contributed by atoms with E-state index in [0.29, 0.717) is 22.8 Å². The van der Waals surface area contributed by atoms with E-state index < -0.39 is 54.7 Å². The van der Waals surface area contributed by atoms with Crippen molar-refractivity contribution in [1.29, 1.82) is 0 Å². The highest BCUT2D eigenvalue weighted by Gasteiger charge is 2.43. The zero-order valence-corrected chi connectivity index (χ0v) is 24.8. The summed E-state index contributed by atoms with van der Waals surface area (Å²) in [5.41, 5.74) is 15.7. The van der Waals surface area contributed by atoms with Crippen LogP contribution in [0.5, 0.6) is 0 Å². The van der Waals surface area contributed by atoms with Gasteiger partial charge in [0.25, 0.3) is 0 Å². The van der Waals surface area contributed by atoms with Crippen LogP contribution in [0.25, 0.3) is 10.4 Å². The zero-order chi connectivity index (χ0) is 31.6. The number of hydrogen-bond donors (Lipinski definition) is 7. The van der Waals surface area contributed by atoms with Crippen molar-refractivity contribution in [3.05, 3.63) is 52.3 Å². The van der Waals surface area contributed by atoms with Crippen LogP contribution in [0.4, 0.5) is 11.5 Å². The lowest BCUT2D eigenvalue weighted by atomic mass is 10.1. The van der Waals surface area contributed by atoms with E-state index in [4.69, 9.17) is 25.8 Å². The molecule has 3 unspecified atom stereocenters. The molecule has 0 amide bonds. The van der Waals surface area contributed by atoms with Gasteiger partial charge in [-0.05, 0) is 5.53 Å². The lowest BCUT2D eigenvalue weighted by Gasteiger charge is -2.23. The number of anilines is 1. The number of aliphatic imine (C=N–C) groups is 1. The van der Waals surface area contributed by atoms with Crippen LogP contribution in [0, 0.1) is 0 Å². The molecule has 0 radical (unpaired) electrons. The number of carbonyl (C=O) groups is 1. The van der Waals surface area contributed by atoms with Crippen molar-refractivity contribution in [3.63, 3.8) is 0 Å². The van der Waals surface area contributed by atoms with E-state index in [-0.39, 0.29) is 23.1 Å². The molecular weight excluding hydrogens is 661 g/mol. The lowest BCUT2D eigenvalue weighted by Crippen LogP contribution is -2.26. The number of benzene rings is 1. The van der Waals surface area contributed by atoms with Crippen molar-refractivity contribution in [1.82, 2.24) is 9.55 Å². The Kier molecular flexibility index (Phi) is 10.3. The molecule has 1 saturated heterocycles. The Balaban J connectivity index is 1.36. The molecule has 6 atom stereocenters. The largest absolute Gasteiger partial charge is 0.490 e. The number of Topliss-reactive ketones (excluding diaryl/α,β-unsaturated/α-hetero) is 1. The van der Waals surface area contributed by atoms with Gasteiger partial charge in [0.1, 0.15) is 30.0 Å². The van der Waals surface area contributed by atoms with E-state index in [1.165, 1.54) is 35.2 Å². The molecule has 0 bridgehead atoms. The molecule has 8 N–H and O–H groups in total. The summed E-state index contributed by atoms with van der Waals surface area (Å²) in [6, 6.07) is 6.04. The minimum absolute atomic E-state index is 0.0236. The molecule has 234 valence electrons. The molecule has 1 fully saturated rings. The van der Waals surface area contributed by atoms with E-state index in [1.807, 2.05) is 0 Å². The van der Waals surface area contributed by atoms with Gasteiger partial charge in [0.05, 0.1) is 24.8 Å². The monoisotopic (exact) mass is 684 g/mol. The summed E-state index contributed by atoms with van der Waals surface area (Å²) in [6.07, 6.45) is -3.10. The van der Waals surface area contributed by atoms with Crippen LogP contribution < -0.4 is 11.1 Å². The summed E-state index contributed by atoms with van der Waals surface area (Å²) in [4.78, 5) is 59.9. The molecule has 4 rings (SSSR count). The van der Waals surface area contributed by atoms with Crippen molar-refractivity contribution >= 4 is 57.7 Å². The normalized spacial score (nSPS) is 24.6. The number of phosphoric ester groups is 1. The first-order chi connectivity index (χ1) is 20.1. The number of aliphatic hydroxyl groups is 1. The fraction of sp³-hybridized carbons (Fsp3) is 0.389. The number of phosphoric acid groups is 3.